The lowest BCUT2D eigenvalue weighted by Crippen LogP contribution is -2.19. The van der Waals surface area contributed by atoms with Gasteiger partial charge >= 0.3 is 11.9 Å². The molecule has 0 bridgehead atoms. The molecule has 1 unspecified atom stereocenters. The fourth-order valence-corrected chi connectivity index (χ4v) is 4.95. The van der Waals surface area contributed by atoms with Crippen molar-refractivity contribution < 1.29 is 19.4 Å². The Labute approximate surface area is 236 Å². The van der Waals surface area contributed by atoms with Gasteiger partial charge in [-0.05, 0) is 32.1 Å². The van der Waals surface area contributed by atoms with E-state index in [4.69, 9.17) is 4.74 Å². The molecule has 0 aromatic rings. The average Bonchev–Trinajstić information content (AvgIpc) is 2.91. The topological polar surface area (TPSA) is 63.6 Å². The minimum Gasteiger partial charge on any atom is -0.481 e. The highest BCUT2D eigenvalue weighted by atomic mass is 16.5. The second kappa shape index (κ2) is 30.0. The van der Waals surface area contributed by atoms with Crippen molar-refractivity contribution in [2.45, 2.75) is 167 Å². The van der Waals surface area contributed by atoms with Gasteiger partial charge in [0.15, 0.2) is 0 Å². The molecule has 0 spiro atoms. The monoisotopic (exact) mass is 534 g/mol. The standard InChI is InChI=1S/C34H62O4/c1-3-5-6-7-8-9-10-11-12-13-14-15-16-17-18-19-20-21-22-23-24-25-26-27-28-29-32(34(36)37)31-33(35)38-30-4-2/h4,21-22,32H,2-3,5-20,23-31H2,1H3,(H,36,37)/b22-21+. The van der Waals surface area contributed by atoms with Crippen LogP contribution in [-0.2, 0) is 14.3 Å². The van der Waals surface area contributed by atoms with Gasteiger partial charge in [-0.25, -0.2) is 0 Å². The van der Waals surface area contributed by atoms with Crippen LogP contribution in [0.1, 0.15) is 167 Å². The van der Waals surface area contributed by atoms with Gasteiger partial charge in [0, 0.05) is 0 Å². The molecule has 0 radical (unpaired) electrons. The summed E-state index contributed by atoms with van der Waals surface area (Å²) in [4.78, 5) is 23.0. The zero-order chi connectivity index (χ0) is 27.9. The molecule has 0 saturated carbocycles. The summed E-state index contributed by atoms with van der Waals surface area (Å²) >= 11 is 0. The van der Waals surface area contributed by atoms with Gasteiger partial charge in [0.05, 0.1) is 12.3 Å². The first kappa shape index (κ1) is 36.4. The molecular weight excluding hydrogens is 472 g/mol. The maximum Gasteiger partial charge on any atom is 0.307 e. The first-order valence-corrected chi connectivity index (χ1v) is 16.3. The normalized spacial score (nSPS) is 12.1. The highest BCUT2D eigenvalue weighted by Gasteiger charge is 2.21. The highest BCUT2D eigenvalue weighted by molar-refractivity contribution is 5.78. The van der Waals surface area contributed by atoms with Crippen molar-refractivity contribution in [3.63, 3.8) is 0 Å². The number of rotatable bonds is 30. The minimum atomic E-state index is -0.907. The number of allylic oxidation sites excluding steroid dienone is 2. The maximum absolute atomic E-state index is 11.6. The third-order valence-corrected chi connectivity index (χ3v) is 7.44. The zero-order valence-electron chi connectivity index (χ0n) is 25.1. The molecule has 0 aliphatic rings. The van der Waals surface area contributed by atoms with Gasteiger partial charge in [-0.2, -0.15) is 0 Å². The highest BCUT2D eigenvalue weighted by Crippen LogP contribution is 2.17. The summed E-state index contributed by atoms with van der Waals surface area (Å²) in [5, 5.41) is 9.30. The molecule has 0 heterocycles. The summed E-state index contributed by atoms with van der Waals surface area (Å²) in [7, 11) is 0. The molecule has 4 heteroatoms. The lowest BCUT2D eigenvalue weighted by atomic mass is 9.97. The fourth-order valence-electron chi connectivity index (χ4n) is 4.95. The van der Waals surface area contributed by atoms with E-state index in [-0.39, 0.29) is 13.0 Å². The Balaban J connectivity index is 3.36. The first-order valence-electron chi connectivity index (χ1n) is 16.3. The third kappa shape index (κ3) is 27.5. The van der Waals surface area contributed by atoms with Crippen LogP contribution in [0.15, 0.2) is 24.8 Å². The number of carboxylic acid groups (broad SMARTS) is 1. The lowest BCUT2D eigenvalue weighted by Gasteiger charge is -2.11. The predicted molar refractivity (Wildman–Crippen MR) is 163 cm³/mol. The van der Waals surface area contributed by atoms with Gasteiger partial charge in [0.1, 0.15) is 6.61 Å². The van der Waals surface area contributed by atoms with Crippen molar-refractivity contribution in [3.8, 4) is 0 Å². The molecule has 0 aromatic carbocycles. The maximum atomic E-state index is 11.6. The van der Waals surface area contributed by atoms with Crippen molar-refractivity contribution in [2.24, 2.45) is 5.92 Å². The summed E-state index contributed by atoms with van der Waals surface area (Å²) in [5.74, 6) is -2.00. The summed E-state index contributed by atoms with van der Waals surface area (Å²) in [6.45, 7) is 5.91. The first-order chi connectivity index (χ1) is 18.6. The number of carbonyl (C=O) groups is 2. The van der Waals surface area contributed by atoms with E-state index in [0.717, 1.165) is 25.7 Å². The van der Waals surface area contributed by atoms with E-state index < -0.39 is 17.9 Å². The second-order valence-electron chi connectivity index (χ2n) is 11.1. The van der Waals surface area contributed by atoms with Gasteiger partial charge in [-0.3, -0.25) is 9.59 Å². The van der Waals surface area contributed by atoms with Crippen LogP contribution in [-0.4, -0.2) is 23.7 Å². The average molecular weight is 535 g/mol. The van der Waals surface area contributed by atoms with Gasteiger partial charge in [-0.15, -0.1) is 0 Å². The summed E-state index contributed by atoms with van der Waals surface area (Å²) in [6.07, 6.45) is 37.1. The third-order valence-electron chi connectivity index (χ3n) is 7.44. The van der Waals surface area contributed by atoms with Crippen LogP contribution in [0.3, 0.4) is 0 Å². The van der Waals surface area contributed by atoms with Crippen molar-refractivity contribution >= 4 is 11.9 Å². The van der Waals surface area contributed by atoms with Gasteiger partial charge in [0.2, 0.25) is 0 Å². The Morgan fingerprint density at radius 2 is 1.05 bits per heavy atom. The number of ether oxygens (including phenoxy) is 1. The molecule has 1 N–H and O–H groups in total. The molecule has 0 aromatic heterocycles. The molecule has 0 amide bonds. The van der Waals surface area contributed by atoms with E-state index in [1.54, 1.807) is 0 Å². The van der Waals surface area contributed by atoms with Gasteiger partial charge in [-0.1, -0.05) is 154 Å². The van der Waals surface area contributed by atoms with E-state index in [2.05, 4.69) is 25.7 Å². The molecule has 4 nitrogen and oxygen atoms in total. The SMILES string of the molecule is C=CCOC(=O)CC(CCCCCCC/C=C/CCCCCCCCCCCCCCCCCC)C(=O)O. The van der Waals surface area contributed by atoms with Crippen LogP contribution < -0.4 is 0 Å². The minimum absolute atomic E-state index is 0.0482. The van der Waals surface area contributed by atoms with E-state index >= 15 is 0 Å². The molecule has 1 atom stereocenters. The Hall–Kier alpha value is -1.58. The van der Waals surface area contributed by atoms with Crippen LogP contribution in [0.25, 0.3) is 0 Å². The molecular formula is C34H62O4. The van der Waals surface area contributed by atoms with Crippen LogP contribution >= 0.6 is 0 Å². The van der Waals surface area contributed by atoms with Crippen molar-refractivity contribution in [1.82, 2.24) is 0 Å². The molecule has 0 aliphatic heterocycles. The van der Waals surface area contributed by atoms with Crippen molar-refractivity contribution in [3.05, 3.63) is 24.8 Å². The molecule has 0 aliphatic carbocycles. The van der Waals surface area contributed by atoms with Gasteiger partial charge < -0.3 is 9.84 Å². The number of hydrogen-bond donors (Lipinski definition) is 1. The van der Waals surface area contributed by atoms with E-state index in [1.165, 1.54) is 128 Å². The number of carboxylic acids is 1. The second-order valence-corrected chi connectivity index (χ2v) is 11.1. The van der Waals surface area contributed by atoms with Crippen molar-refractivity contribution in [1.29, 1.82) is 0 Å². The number of carbonyl (C=O) groups excluding carboxylic acids is 1. The molecule has 0 fully saturated rings. The summed E-state index contributed by atoms with van der Waals surface area (Å²) in [6, 6.07) is 0. The number of esters is 1. The van der Waals surface area contributed by atoms with Crippen LogP contribution in [0.2, 0.25) is 0 Å². The van der Waals surface area contributed by atoms with Crippen LogP contribution in [0.4, 0.5) is 0 Å². The fraction of sp³-hybridized carbons (Fsp3) is 0.824. The van der Waals surface area contributed by atoms with E-state index in [0.29, 0.717) is 6.42 Å². The number of hydrogen-bond acceptors (Lipinski definition) is 3. The van der Waals surface area contributed by atoms with Crippen LogP contribution in [0.5, 0.6) is 0 Å². The van der Waals surface area contributed by atoms with Crippen LogP contribution in [0, 0.1) is 5.92 Å². The predicted octanol–water partition coefficient (Wildman–Crippen LogP) is 10.7. The lowest BCUT2D eigenvalue weighted by molar-refractivity contribution is -0.151. The largest absolute Gasteiger partial charge is 0.481 e. The quantitative estimate of drug-likeness (QED) is 0.0565. The van der Waals surface area contributed by atoms with Gasteiger partial charge in [0.25, 0.3) is 0 Å². The molecule has 38 heavy (non-hydrogen) atoms. The smallest absolute Gasteiger partial charge is 0.307 e. The Kier molecular flexibility index (Phi) is 28.7. The van der Waals surface area contributed by atoms with Crippen molar-refractivity contribution in [2.75, 3.05) is 6.61 Å². The molecule has 222 valence electrons. The summed E-state index contributed by atoms with van der Waals surface area (Å²) in [5.41, 5.74) is 0. The molecule has 0 rings (SSSR count). The Morgan fingerprint density at radius 1 is 0.658 bits per heavy atom. The zero-order valence-corrected chi connectivity index (χ0v) is 25.1. The Morgan fingerprint density at radius 3 is 1.45 bits per heavy atom. The van der Waals surface area contributed by atoms with E-state index in [9.17, 15) is 14.7 Å². The number of aliphatic carboxylic acids is 1. The molecule has 0 saturated heterocycles. The Bertz CT molecular complexity index is 569. The number of unbranched alkanes of at least 4 members (excludes halogenated alkanes) is 21. The summed E-state index contributed by atoms with van der Waals surface area (Å²) < 4.78 is 4.90. The van der Waals surface area contributed by atoms with E-state index in [1.807, 2.05) is 0 Å².